The number of nitro groups is 1. The number of carbonyl (C=O) groups is 1. The number of nitrogens with zero attached hydrogens (tertiary/aromatic N) is 2. The van der Waals surface area contributed by atoms with Gasteiger partial charge in [0.2, 0.25) is 0 Å². The number of ether oxygens (including phenoxy) is 2. The quantitative estimate of drug-likeness (QED) is 0.337. The fourth-order valence-electron chi connectivity index (χ4n) is 4.52. The number of H-pyrrole nitrogens is 1. The van der Waals surface area contributed by atoms with Crippen molar-refractivity contribution in [2.24, 2.45) is 0 Å². The van der Waals surface area contributed by atoms with Crippen molar-refractivity contribution < 1.29 is 19.2 Å². The second-order valence-electron chi connectivity index (χ2n) is 8.21. The molecule has 0 saturated carbocycles. The fraction of sp³-hybridized carbons (Fsp3) is 0.192. The molecule has 4 aromatic rings. The largest absolute Gasteiger partial charge is 0.493 e. The van der Waals surface area contributed by atoms with Crippen LogP contribution in [0.1, 0.15) is 21.6 Å². The molecule has 0 bridgehead atoms. The van der Waals surface area contributed by atoms with Gasteiger partial charge >= 0.3 is 0 Å². The number of fused-ring (bicyclic) bond motifs is 2. The molecule has 0 unspecified atom stereocenters. The Kier molecular flexibility index (Phi) is 5.41. The number of amides is 1. The summed E-state index contributed by atoms with van der Waals surface area (Å²) in [7, 11) is 3.21. The van der Waals surface area contributed by atoms with E-state index in [1.807, 2.05) is 35.2 Å². The summed E-state index contributed by atoms with van der Waals surface area (Å²) in [6.07, 6.45) is 0.726. The lowest BCUT2D eigenvalue weighted by atomic mass is 9.98. The molecule has 34 heavy (non-hydrogen) atoms. The highest BCUT2D eigenvalue weighted by Gasteiger charge is 2.25. The van der Waals surface area contributed by atoms with Gasteiger partial charge in [0.25, 0.3) is 11.6 Å². The fourth-order valence-corrected chi connectivity index (χ4v) is 4.52. The molecule has 1 aliphatic heterocycles. The van der Waals surface area contributed by atoms with Crippen LogP contribution < -0.4 is 9.47 Å². The molecule has 0 saturated heterocycles. The van der Waals surface area contributed by atoms with Crippen LogP contribution in [-0.2, 0) is 13.0 Å². The van der Waals surface area contributed by atoms with Gasteiger partial charge in [-0.1, -0.05) is 18.2 Å². The first-order valence-corrected chi connectivity index (χ1v) is 10.9. The Morgan fingerprint density at radius 1 is 1.00 bits per heavy atom. The summed E-state index contributed by atoms with van der Waals surface area (Å²) < 4.78 is 10.8. The van der Waals surface area contributed by atoms with Gasteiger partial charge in [-0.2, -0.15) is 0 Å². The van der Waals surface area contributed by atoms with Crippen molar-refractivity contribution in [3.8, 4) is 22.6 Å². The highest BCUT2D eigenvalue weighted by Crippen LogP contribution is 2.34. The summed E-state index contributed by atoms with van der Waals surface area (Å²) in [5.41, 5.74) is 4.78. The molecule has 8 heteroatoms. The maximum Gasteiger partial charge on any atom is 0.277 e. The van der Waals surface area contributed by atoms with Crippen LogP contribution in [0, 0.1) is 10.1 Å². The Labute approximate surface area is 195 Å². The number of aromatic amines is 1. The molecule has 0 spiro atoms. The molecular weight excluding hydrogens is 434 g/mol. The van der Waals surface area contributed by atoms with Crippen LogP contribution in [-0.4, -0.2) is 41.5 Å². The van der Waals surface area contributed by atoms with Gasteiger partial charge in [-0.15, -0.1) is 0 Å². The van der Waals surface area contributed by atoms with Gasteiger partial charge in [-0.3, -0.25) is 14.9 Å². The number of nitro benzene ring substituents is 1. The third-order valence-electron chi connectivity index (χ3n) is 6.27. The van der Waals surface area contributed by atoms with Crippen LogP contribution in [0.4, 0.5) is 5.69 Å². The molecule has 0 fully saturated rings. The average Bonchev–Trinajstić information content (AvgIpc) is 3.30. The third kappa shape index (κ3) is 3.73. The number of rotatable bonds is 5. The molecule has 1 aromatic heterocycles. The van der Waals surface area contributed by atoms with Gasteiger partial charge in [0.15, 0.2) is 11.5 Å². The highest BCUT2D eigenvalue weighted by atomic mass is 16.6. The normalized spacial score (nSPS) is 12.9. The van der Waals surface area contributed by atoms with Crippen molar-refractivity contribution in [3.05, 3.63) is 87.6 Å². The zero-order chi connectivity index (χ0) is 23.8. The predicted octanol–water partition coefficient (Wildman–Crippen LogP) is 4.96. The summed E-state index contributed by atoms with van der Waals surface area (Å²) in [5, 5.41) is 12.2. The molecule has 5 rings (SSSR count). The van der Waals surface area contributed by atoms with Crippen molar-refractivity contribution in [1.82, 2.24) is 9.88 Å². The molecule has 0 radical (unpaired) electrons. The molecule has 1 N–H and O–H groups in total. The summed E-state index contributed by atoms with van der Waals surface area (Å²) >= 11 is 0. The minimum Gasteiger partial charge on any atom is -0.493 e. The minimum absolute atomic E-state index is 0.0488. The third-order valence-corrected chi connectivity index (χ3v) is 6.27. The van der Waals surface area contributed by atoms with E-state index in [0.717, 1.165) is 34.0 Å². The first kappa shape index (κ1) is 21.5. The lowest BCUT2D eigenvalue weighted by Crippen LogP contribution is -2.36. The number of methoxy groups -OCH3 is 2. The van der Waals surface area contributed by atoms with Crippen LogP contribution in [0.25, 0.3) is 22.0 Å². The lowest BCUT2D eigenvalue weighted by Gasteiger charge is -2.29. The van der Waals surface area contributed by atoms with E-state index in [0.29, 0.717) is 35.8 Å². The van der Waals surface area contributed by atoms with Gasteiger partial charge in [0.1, 0.15) is 5.69 Å². The number of para-hydroxylation sites is 1. The number of carbonyl (C=O) groups excluding carboxylic acids is 1. The van der Waals surface area contributed by atoms with Crippen LogP contribution in [0.15, 0.2) is 60.7 Å². The van der Waals surface area contributed by atoms with E-state index >= 15 is 0 Å². The zero-order valence-corrected chi connectivity index (χ0v) is 18.8. The van der Waals surface area contributed by atoms with Crippen molar-refractivity contribution >= 4 is 22.5 Å². The molecule has 2 heterocycles. The van der Waals surface area contributed by atoms with Gasteiger partial charge in [-0.25, -0.2) is 0 Å². The standard InChI is InChI=1S/C26H23N3O5/c1-33-24-13-16-9-10-28(15-19(16)14-25(24)34-2)26(30)22-12-18-11-17(7-8-21(18)27-22)20-5-3-4-6-23(20)29(31)32/h3-8,11-14,27H,9-10,15H2,1-2H3. The molecule has 1 amide bonds. The summed E-state index contributed by atoms with van der Waals surface area (Å²) in [4.78, 5) is 29.4. The summed E-state index contributed by atoms with van der Waals surface area (Å²) in [6.45, 7) is 1.07. The number of aromatic nitrogens is 1. The lowest BCUT2D eigenvalue weighted by molar-refractivity contribution is -0.384. The van der Waals surface area contributed by atoms with Crippen LogP contribution >= 0.6 is 0 Å². The van der Waals surface area contributed by atoms with E-state index in [1.54, 1.807) is 38.5 Å². The van der Waals surface area contributed by atoms with Gasteiger partial charge in [0.05, 0.1) is 24.7 Å². The first-order valence-electron chi connectivity index (χ1n) is 10.9. The van der Waals surface area contributed by atoms with Gasteiger partial charge in [0, 0.05) is 30.1 Å². The summed E-state index contributed by atoms with van der Waals surface area (Å²) in [6, 6.07) is 17.9. The van der Waals surface area contributed by atoms with E-state index < -0.39 is 0 Å². The Bertz CT molecular complexity index is 1430. The second-order valence-corrected chi connectivity index (χ2v) is 8.21. The molecule has 3 aromatic carbocycles. The Hall–Kier alpha value is -4.33. The molecule has 1 aliphatic rings. The number of nitrogens with one attached hydrogen (secondary N) is 1. The number of hydrogen-bond acceptors (Lipinski definition) is 5. The Balaban J connectivity index is 1.43. The zero-order valence-electron chi connectivity index (χ0n) is 18.8. The van der Waals surface area contributed by atoms with E-state index in [2.05, 4.69) is 4.98 Å². The van der Waals surface area contributed by atoms with Crippen LogP contribution in [0.2, 0.25) is 0 Å². The van der Waals surface area contributed by atoms with Crippen molar-refractivity contribution in [3.63, 3.8) is 0 Å². The average molecular weight is 457 g/mol. The van der Waals surface area contributed by atoms with E-state index in [1.165, 1.54) is 6.07 Å². The molecular formula is C26H23N3O5. The maximum absolute atomic E-state index is 13.3. The molecule has 172 valence electrons. The minimum atomic E-state index is -0.385. The predicted molar refractivity (Wildman–Crippen MR) is 128 cm³/mol. The van der Waals surface area contributed by atoms with E-state index in [9.17, 15) is 14.9 Å². The van der Waals surface area contributed by atoms with E-state index in [4.69, 9.17) is 9.47 Å². The molecule has 0 atom stereocenters. The number of hydrogen-bond donors (Lipinski definition) is 1. The Morgan fingerprint density at radius 2 is 1.74 bits per heavy atom. The van der Waals surface area contributed by atoms with Crippen molar-refractivity contribution in [2.75, 3.05) is 20.8 Å². The first-order chi connectivity index (χ1) is 16.5. The van der Waals surface area contributed by atoms with Gasteiger partial charge in [-0.05, 0) is 59.5 Å². The smallest absolute Gasteiger partial charge is 0.277 e. The second kappa shape index (κ2) is 8.55. The molecule has 8 nitrogen and oxygen atoms in total. The highest BCUT2D eigenvalue weighted by molar-refractivity contribution is 5.99. The topological polar surface area (TPSA) is 97.7 Å². The van der Waals surface area contributed by atoms with Crippen LogP contribution in [0.5, 0.6) is 11.5 Å². The SMILES string of the molecule is COc1cc2c(cc1OC)CN(C(=O)c1cc3cc(-c4ccccc4[N+](=O)[O-])ccc3[nH]1)CC2. The number of benzene rings is 3. The maximum atomic E-state index is 13.3. The van der Waals surface area contributed by atoms with E-state index in [-0.39, 0.29) is 16.5 Å². The molecule has 0 aliphatic carbocycles. The van der Waals surface area contributed by atoms with Gasteiger partial charge < -0.3 is 19.4 Å². The van der Waals surface area contributed by atoms with Crippen molar-refractivity contribution in [2.45, 2.75) is 13.0 Å². The summed E-state index contributed by atoms with van der Waals surface area (Å²) in [5.74, 6) is 1.23. The van der Waals surface area contributed by atoms with Crippen LogP contribution in [0.3, 0.4) is 0 Å². The monoisotopic (exact) mass is 457 g/mol. The Morgan fingerprint density at radius 3 is 2.47 bits per heavy atom. The van der Waals surface area contributed by atoms with Crippen molar-refractivity contribution in [1.29, 1.82) is 0 Å².